The molecule has 0 bridgehead atoms. The highest BCUT2D eigenvalue weighted by molar-refractivity contribution is 5.99. The summed E-state index contributed by atoms with van der Waals surface area (Å²) in [7, 11) is 2.05. The number of amides is 1. The van der Waals surface area contributed by atoms with E-state index in [1.165, 1.54) is 18.2 Å². The number of likely N-dealkylation sites (tertiary alicyclic amines) is 1. The molecule has 1 amide bonds. The summed E-state index contributed by atoms with van der Waals surface area (Å²) in [6.07, 6.45) is 0.326. The van der Waals surface area contributed by atoms with E-state index in [2.05, 4.69) is 20.9 Å². The van der Waals surface area contributed by atoms with Gasteiger partial charge in [0.15, 0.2) is 0 Å². The minimum Gasteiger partial charge on any atom is -0.381 e. The van der Waals surface area contributed by atoms with Crippen LogP contribution in [0, 0.1) is 5.82 Å². The van der Waals surface area contributed by atoms with Crippen LogP contribution in [0.15, 0.2) is 35.3 Å². The summed E-state index contributed by atoms with van der Waals surface area (Å²) >= 11 is 0. The highest BCUT2D eigenvalue weighted by atomic mass is 35.5. The second kappa shape index (κ2) is 11.2. The Labute approximate surface area is 214 Å². The summed E-state index contributed by atoms with van der Waals surface area (Å²) in [5.74, 6) is -1.54. The van der Waals surface area contributed by atoms with E-state index in [1.54, 1.807) is 17.7 Å². The highest BCUT2D eigenvalue weighted by Gasteiger charge is 2.35. The van der Waals surface area contributed by atoms with Crippen LogP contribution < -0.4 is 21.5 Å². The van der Waals surface area contributed by atoms with Gasteiger partial charge in [-0.2, -0.15) is 0 Å². The number of carbonyl (C=O) groups is 1. The van der Waals surface area contributed by atoms with Crippen LogP contribution in [0.4, 0.5) is 18.9 Å². The van der Waals surface area contributed by atoms with E-state index in [0.717, 1.165) is 32.0 Å². The first-order valence-electron chi connectivity index (χ1n) is 11.9. The molecule has 0 spiro atoms. The van der Waals surface area contributed by atoms with Gasteiger partial charge in [-0.05, 0) is 46.8 Å². The van der Waals surface area contributed by atoms with Crippen LogP contribution in [0.2, 0.25) is 0 Å². The Morgan fingerprint density at radius 2 is 1.83 bits per heavy atom. The van der Waals surface area contributed by atoms with Gasteiger partial charge in [0.25, 0.3) is 17.9 Å². The topological polar surface area (TPSA) is 78.4 Å². The summed E-state index contributed by atoms with van der Waals surface area (Å²) in [4.78, 5) is 28.6. The third-order valence-corrected chi connectivity index (χ3v) is 7.08. The first kappa shape index (κ1) is 28.0. The standard InChI is InChI=1S/C25H32F3N5O2.ClH/c1-15(17-5-4-6-18(22(17)26)23(27)28)30-24(35)19-12-33(25(2)13-29-14-25)21(34)11-20(19)31-16-7-9-32(3)10-8-16;/h4-6,11-12,15-16,23,29,31H,7-10,13-14H2,1-3H3,(H,30,35);1H. The average Bonchev–Trinajstić information content (AvgIpc) is 2.79. The quantitative estimate of drug-likeness (QED) is 0.512. The maximum atomic E-state index is 14.7. The number of carbonyl (C=O) groups excluding carboxylic acids is 1. The van der Waals surface area contributed by atoms with Gasteiger partial charge in [0.2, 0.25) is 0 Å². The molecule has 1 aromatic carbocycles. The molecule has 2 aliphatic heterocycles. The molecule has 11 heteroatoms. The van der Waals surface area contributed by atoms with Crippen molar-refractivity contribution in [3.63, 3.8) is 0 Å². The Kier molecular flexibility index (Phi) is 8.74. The van der Waals surface area contributed by atoms with Crippen LogP contribution in [0.1, 0.15) is 60.6 Å². The molecule has 1 unspecified atom stereocenters. The first-order chi connectivity index (χ1) is 16.6. The molecular formula is C25H33ClF3N5O2. The summed E-state index contributed by atoms with van der Waals surface area (Å²) in [6, 6.07) is 4.45. The third-order valence-electron chi connectivity index (χ3n) is 7.08. The van der Waals surface area contributed by atoms with Crippen molar-refractivity contribution in [3.8, 4) is 0 Å². The zero-order valence-corrected chi connectivity index (χ0v) is 21.4. The SMILES string of the molecule is CC(NC(=O)c1cn(C2(C)CNC2)c(=O)cc1NC1CCN(C)CC1)c1cccc(C(F)F)c1F.Cl. The normalized spacial score (nSPS) is 18.8. The fourth-order valence-corrected chi connectivity index (χ4v) is 4.71. The predicted molar refractivity (Wildman–Crippen MR) is 136 cm³/mol. The number of anilines is 1. The monoisotopic (exact) mass is 527 g/mol. The maximum absolute atomic E-state index is 14.7. The Balaban J connectivity index is 0.00000361. The van der Waals surface area contributed by atoms with Crippen molar-refractivity contribution in [2.24, 2.45) is 0 Å². The van der Waals surface area contributed by atoms with Crippen LogP contribution in [0.5, 0.6) is 0 Å². The molecule has 1 aromatic heterocycles. The molecule has 4 rings (SSSR count). The average molecular weight is 528 g/mol. The van der Waals surface area contributed by atoms with Gasteiger partial charge in [-0.1, -0.05) is 18.2 Å². The summed E-state index contributed by atoms with van der Waals surface area (Å²) < 4.78 is 42.5. The Morgan fingerprint density at radius 1 is 1.19 bits per heavy atom. The number of hydrogen-bond donors (Lipinski definition) is 3. The number of aromatic nitrogens is 1. The van der Waals surface area contributed by atoms with Gasteiger partial charge < -0.3 is 25.4 Å². The number of pyridine rings is 1. The van der Waals surface area contributed by atoms with E-state index in [0.29, 0.717) is 18.8 Å². The van der Waals surface area contributed by atoms with Gasteiger partial charge in [-0.3, -0.25) is 9.59 Å². The van der Waals surface area contributed by atoms with Crippen molar-refractivity contribution in [1.82, 2.24) is 20.1 Å². The van der Waals surface area contributed by atoms with E-state index >= 15 is 0 Å². The Bertz CT molecular complexity index is 1150. The molecule has 7 nitrogen and oxygen atoms in total. The predicted octanol–water partition coefficient (Wildman–Crippen LogP) is 3.66. The highest BCUT2D eigenvalue weighted by Crippen LogP contribution is 2.28. The van der Waals surface area contributed by atoms with Crippen LogP contribution in [-0.2, 0) is 5.54 Å². The number of benzene rings is 1. The smallest absolute Gasteiger partial charge is 0.266 e. The lowest BCUT2D eigenvalue weighted by Gasteiger charge is -2.41. The Hall–Kier alpha value is -2.56. The summed E-state index contributed by atoms with van der Waals surface area (Å²) in [5, 5.41) is 9.25. The van der Waals surface area contributed by atoms with Gasteiger partial charge in [0, 0.05) is 37.0 Å². The molecule has 2 saturated heterocycles. The molecule has 2 aliphatic rings. The molecular weight excluding hydrogens is 495 g/mol. The summed E-state index contributed by atoms with van der Waals surface area (Å²) in [5.41, 5.74) is -0.722. The number of nitrogens with one attached hydrogen (secondary N) is 3. The number of alkyl halides is 2. The van der Waals surface area contributed by atoms with Crippen molar-refractivity contribution in [3.05, 3.63) is 63.3 Å². The van der Waals surface area contributed by atoms with Gasteiger partial charge in [0.1, 0.15) is 5.82 Å². The van der Waals surface area contributed by atoms with Crippen molar-refractivity contribution in [2.75, 3.05) is 38.5 Å². The minimum absolute atomic E-state index is 0. The van der Waals surface area contributed by atoms with Gasteiger partial charge in [-0.25, -0.2) is 13.2 Å². The second-order valence-corrected chi connectivity index (χ2v) is 9.88. The Morgan fingerprint density at radius 3 is 2.42 bits per heavy atom. The number of rotatable bonds is 7. The van der Waals surface area contributed by atoms with E-state index in [1.807, 2.05) is 14.0 Å². The van der Waals surface area contributed by atoms with Crippen LogP contribution >= 0.6 is 12.4 Å². The van der Waals surface area contributed by atoms with Gasteiger partial charge >= 0.3 is 0 Å². The van der Waals surface area contributed by atoms with Gasteiger partial charge in [-0.15, -0.1) is 12.4 Å². The van der Waals surface area contributed by atoms with E-state index in [-0.39, 0.29) is 35.1 Å². The van der Waals surface area contributed by atoms with Crippen molar-refractivity contribution in [2.45, 2.75) is 50.7 Å². The lowest BCUT2D eigenvalue weighted by molar-refractivity contribution is 0.0937. The molecule has 0 saturated carbocycles. The number of hydrogen-bond acceptors (Lipinski definition) is 5. The molecule has 0 radical (unpaired) electrons. The lowest BCUT2D eigenvalue weighted by atomic mass is 9.94. The lowest BCUT2D eigenvalue weighted by Crippen LogP contribution is -2.61. The fourth-order valence-electron chi connectivity index (χ4n) is 4.71. The minimum atomic E-state index is -2.96. The van der Waals surface area contributed by atoms with E-state index in [4.69, 9.17) is 0 Å². The van der Waals surface area contributed by atoms with Crippen molar-refractivity contribution < 1.29 is 18.0 Å². The fraction of sp³-hybridized carbons (Fsp3) is 0.520. The number of piperidine rings is 1. The molecule has 36 heavy (non-hydrogen) atoms. The molecule has 1 atom stereocenters. The van der Waals surface area contributed by atoms with Crippen LogP contribution in [0.25, 0.3) is 0 Å². The number of halogens is 4. The summed E-state index contributed by atoms with van der Waals surface area (Å²) in [6.45, 7) is 6.47. The van der Waals surface area contributed by atoms with Crippen molar-refractivity contribution >= 4 is 24.0 Å². The van der Waals surface area contributed by atoms with Gasteiger partial charge in [0.05, 0.1) is 28.4 Å². The molecule has 2 fully saturated rings. The first-order valence-corrected chi connectivity index (χ1v) is 11.9. The number of nitrogens with zero attached hydrogens (tertiary/aromatic N) is 2. The second-order valence-electron chi connectivity index (χ2n) is 9.88. The van der Waals surface area contributed by atoms with Crippen LogP contribution in [-0.4, -0.2) is 54.6 Å². The largest absolute Gasteiger partial charge is 0.381 e. The molecule has 3 heterocycles. The molecule has 3 N–H and O–H groups in total. The maximum Gasteiger partial charge on any atom is 0.266 e. The third kappa shape index (κ3) is 5.71. The van der Waals surface area contributed by atoms with E-state index < -0.39 is 35.3 Å². The molecule has 0 aliphatic carbocycles. The zero-order valence-electron chi connectivity index (χ0n) is 20.6. The van der Waals surface area contributed by atoms with Crippen LogP contribution in [0.3, 0.4) is 0 Å². The van der Waals surface area contributed by atoms with E-state index in [9.17, 15) is 22.8 Å². The van der Waals surface area contributed by atoms with Crippen molar-refractivity contribution in [1.29, 1.82) is 0 Å². The molecule has 198 valence electrons. The molecule has 2 aromatic rings. The zero-order chi connectivity index (χ0) is 25.3.